The van der Waals surface area contributed by atoms with Crippen molar-refractivity contribution in [3.8, 4) is 0 Å². The average Bonchev–Trinajstić information content (AvgIpc) is 2.16. The van der Waals surface area contributed by atoms with Gasteiger partial charge in [-0.25, -0.2) is 12.8 Å². The third-order valence-electron chi connectivity index (χ3n) is 1.75. The van der Waals surface area contributed by atoms with Gasteiger partial charge in [0.1, 0.15) is 17.3 Å². The molecule has 1 N–H and O–H groups in total. The summed E-state index contributed by atoms with van der Waals surface area (Å²) in [6, 6.07) is 0.778. The van der Waals surface area contributed by atoms with Crippen LogP contribution in [0.4, 0.5) is 4.39 Å². The Hall–Kier alpha value is -1.54. The van der Waals surface area contributed by atoms with Crippen LogP contribution in [-0.4, -0.2) is 42.4 Å². The largest absolute Gasteiger partial charge is 0.480 e. The van der Waals surface area contributed by atoms with E-state index >= 15 is 0 Å². The summed E-state index contributed by atoms with van der Waals surface area (Å²) in [6.45, 7) is -0.696. The average molecular weight is 248 g/mol. The first-order valence-corrected chi connectivity index (χ1v) is 5.56. The summed E-state index contributed by atoms with van der Waals surface area (Å²) in [5.41, 5.74) is 0. The highest BCUT2D eigenvalue weighted by molar-refractivity contribution is 7.89. The Morgan fingerprint density at radius 1 is 1.56 bits per heavy atom. The van der Waals surface area contributed by atoms with E-state index < -0.39 is 28.4 Å². The number of carbonyl (C=O) groups is 1. The van der Waals surface area contributed by atoms with Gasteiger partial charge in [0.25, 0.3) is 0 Å². The predicted molar refractivity (Wildman–Crippen MR) is 51.6 cm³/mol. The highest BCUT2D eigenvalue weighted by atomic mass is 32.2. The summed E-state index contributed by atoms with van der Waals surface area (Å²) in [5.74, 6) is -2.10. The highest BCUT2D eigenvalue weighted by Gasteiger charge is 2.23. The van der Waals surface area contributed by atoms with E-state index in [1.54, 1.807) is 0 Å². The molecular weight excluding hydrogens is 239 g/mol. The molecule has 0 aliphatic rings. The van der Waals surface area contributed by atoms with Crippen molar-refractivity contribution in [2.75, 3.05) is 13.6 Å². The molecule has 0 saturated carbocycles. The van der Waals surface area contributed by atoms with Gasteiger partial charge in [0.15, 0.2) is 0 Å². The smallest absolute Gasteiger partial charge is 0.318 e. The number of rotatable bonds is 4. The van der Waals surface area contributed by atoms with E-state index in [4.69, 9.17) is 5.11 Å². The number of aliphatic carboxylic acids is 1. The minimum atomic E-state index is -4.01. The van der Waals surface area contributed by atoms with E-state index in [-0.39, 0.29) is 4.90 Å². The van der Waals surface area contributed by atoms with Crippen molar-refractivity contribution in [2.24, 2.45) is 0 Å². The summed E-state index contributed by atoms with van der Waals surface area (Å²) in [6.07, 6.45) is 1.81. The first-order chi connectivity index (χ1) is 7.34. The quantitative estimate of drug-likeness (QED) is 0.805. The molecule has 1 aromatic heterocycles. The van der Waals surface area contributed by atoms with Gasteiger partial charge in [-0.1, -0.05) is 0 Å². The number of sulfonamides is 1. The Labute approximate surface area is 91.4 Å². The second kappa shape index (κ2) is 4.54. The Morgan fingerprint density at radius 3 is 2.69 bits per heavy atom. The molecular formula is C8H9FN2O4S. The van der Waals surface area contributed by atoms with Gasteiger partial charge in [-0.3, -0.25) is 9.78 Å². The monoisotopic (exact) mass is 248 g/mol. The van der Waals surface area contributed by atoms with E-state index in [0.717, 1.165) is 25.5 Å². The maximum Gasteiger partial charge on any atom is 0.318 e. The van der Waals surface area contributed by atoms with Crippen LogP contribution in [0.3, 0.4) is 0 Å². The third-order valence-corrected chi connectivity index (χ3v) is 3.51. The van der Waals surface area contributed by atoms with Crippen LogP contribution in [0.2, 0.25) is 0 Å². The summed E-state index contributed by atoms with van der Waals surface area (Å²) < 4.78 is 36.7. The molecule has 1 heterocycles. The standard InChI is InChI=1S/C8H9FN2O4S/c1-11(5-8(12)13)16(14,15)7-2-6(9)3-10-4-7/h2-4H,5H2,1H3,(H,12,13). The van der Waals surface area contributed by atoms with E-state index in [9.17, 15) is 17.6 Å². The van der Waals surface area contributed by atoms with Crippen LogP contribution in [0, 0.1) is 5.82 Å². The van der Waals surface area contributed by atoms with Crippen LogP contribution in [0.25, 0.3) is 0 Å². The minimum absolute atomic E-state index is 0.378. The molecule has 0 fully saturated rings. The molecule has 0 bridgehead atoms. The molecule has 88 valence electrons. The second-order valence-electron chi connectivity index (χ2n) is 2.99. The number of carboxylic acid groups (broad SMARTS) is 1. The van der Waals surface area contributed by atoms with E-state index in [1.807, 2.05) is 0 Å². The van der Waals surface area contributed by atoms with Gasteiger partial charge in [-0.2, -0.15) is 4.31 Å². The molecule has 0 aliphatic heterocycles. The van der Waals surface area contributed by atoms with Gasteiger partial charge >= 0.3 is 5.97 Å². The topological polar surface area (TPSA) is 87.6 Å². The van der Waals surface area contributed by atoms with Crippen LogP contribution in [0.1, 0.15) is 0 Å². The zero-order valence-corrected chi connectivity index (χ0v) is 9.11. The van der Waals surface area contributed by atoms with Gasteiger partial charge < -0.3 is 5.11 Å². The van der Waals surface area contributed by atoms with Gasteiger partial charge in [-0.15, -0.1) is 0 Å². The SMILES string of the molecule is CN(CC(=O)O)S(=O)(=O)c1cncc(F)c1. The summed E-state index contributed by atoms with van der Waals surface area (Å²) in [5, 5.41) is 8.45. The van der Waals surface area contributed by atoms with Crippen LogP contribution in [0.5, 0.6) is 0 Å². The molecule has 6 nitrogen and oxygen atoms in total. The Kier molecular flexibility index (Phi) is 3.55. The Bertz CT molecular complexity index is 503. The van der Waals surface area contributed by atoms with E-state index in [0.29, 0.717) is 4.31 Å². The third kappa shape index (κ3) is 2.74. The van der Waals surface area contributed by atoms with Crippen molar-refractivity contribution >= 4 is 16.0 Å². The lowest BCUT2D eigenvalue weighted by Crippen LogP contribution is -2.32. The highest BCUT2D eigenvalue weighted by Crippen LogP contribution is 2.13. The van der Waals surface area contributed by atoms with Crippen molar-refractivity contribution in [3.05, 3.63) is 24.3 Å². The minimum Gasteiger partial charge on any atom is -0.480 e. The fourth-order valence-electron chi connectivity index (χ4n) is 0.989. The summed E-state index contributed by atoms with van der Waals surface area (Å²) in [7, 11) is -2.91. The fraction of sp³-hybridized carbons (Fsp3) is 0.250. The van der Waals surface area contributed by atoms with Gasteiger partial charge in [-0.05, 0) is 6.07 Å². The van der Waals surface area contributed by atoms with Crippen molar-refractivity contribution < 1.29 is 22.7 Å². The molecule has 0 amide bonds. The number of likely N-dealkylation sites (N-methyl/N-ethyl adjacent to an activating group) is 1. The van der Waals surface area contributed by atoms with Crippen molar-refractivity contribution in [3.63, 3.8) is 0 Å². The van der Waals surface area contributed by atoms with Gasteiger partial charge in [0, 0.05) is 13.2 Å². The first kappa shape index (κ1) is 12.5. The normalized spacial score (nSPS) is 11.7. The van der Waals surface area contributed by atoms with Crippen molar-refractivity contribution in [1.82, 2.24) is 9.29 Å². The molecule has 1 rings (SSSR count). The number of halogens is 1. The summed E-state index contributed by atoms with van der Waals surface area (Å²) >= 11 is 0. The number of carboxylic acids is 1. The molecule has 0 radical (unpaired) electrons. The number of hydrogen-bond donors (Lipinski definition) is 1. The van der Waals surface area contributed by atoms with Crippen LogP contribution < -0.4 is 0 Å². The number of aromatic nitrogens is 1. The Balaban J connectivity index is 3.07. The predicted octanol–water partition coefficient (Wildman–Crippen LogP) is -0.0742. The Morgan fingerprint density at radius 2 is 2.19 bits per heavy atom. The maximum absolute atomic E-state index is 12.8. The van der Waals surface area contributed by atoms with Crippen molar-refractivity contribution in [1.29, 1.82) is 0 Å². The van der Waals surface area contributed by atoms with Crippen molar-refractivity contribution in [2.45, 2.75) is 4.90 Å². The molecule has 0 atom stereocenters. The zero-order valence-electron chi connectivity index (χ0n) is 8.29. The van der Waals surface area contributed by atoms with Gasteiger partial charge in [0.05, 0.1) is 6.20 Å². The molecule has 0 aliphatic carbocycles. The summed E-state index contributed by atoms with van der Waals surface area (Å²) in [4.78, 5) is 13.4. The lowest BCUT2D eigenvalue weighted by atomic mass is 10.5. The van der Waals surface area contributed by atoms with Crippen LogP contribution >= 0.6 is 0 Å². The molecule has 8 heteroatoms. The van der Waals surface area contributed by atoms with Crippen LogP contribution in [-0.2, 0) is 14.8 Å². The lowest BCUT2D eigenvalue weighted by molar-refractivity contribution is -0.137. The first-order valence-electron chi connectivity index (χ1n) is 4.12. The van der Waals surface area contributed by atoms with Crippen LogP contribution in [0.15, 0.2) is 23.4 Å². The number of hydrogen-bond acceptors (Lipinski definition) is 4. The molecule has 1 aromatic rings. The molecule has 0 spiro atoms. The number of pyridine rings is 1. The molecule has 0 saturated heterocycles. The second-order valence-corrected chi connectivity index (χ2v) is 5.04. The zero-order chi connectivity index (χ0) is 12.3. The van der Waals surface area contributed by atoms with E-state index in [2.05, 4.69) is 4.98 Å². The number of nitrogens with zero attached hydrogens (tertiary/aromatic N) is 2. The lowest BCUT2D eigenvalue weighted by Gasteiger charge is -2.14. The maximum atomic E-state index is 12.8. The van der Waals surface area contributed by atoms with Gasteiger partial charge in [0.2, 0.25) is 10.0 Å². The molecule has 16 heavy (non-hydrogen) atoms. The fourth-order valence-corrected chi connectivity index (χ4v) is 2.08. The molecule has 0 aromatic carbocycles. The van der Waals surface area contributed by atoms with E-state index in [1.165, 1.54) is 0 Å². The molecule has 0 unspecified atom stereocenters.